The van der Waals surface area contributed by atoms with Gasteiger partial charge in [0.15, 0.2) is 0 Å². The quantitative estimate of drug-likeness (QED) is 0.413. The van der Waals surface area contributed by atoms with Crippen LogP contribution < -0.4 is 0 Å². The molecule has 0 bridgehead atoms. The molecular weight excluding hydrogens is 357 g/mol. The maximum atomic E-state index is 10.5. The number of carbonyl (C=O) groups excluding carboxylic acids is 1. The molecule has 0 aliphatic rings. The molecule has 0 spiro atoms. The molecule has 52 valence electrons. The standard InChI is InChI=1S/C4H6BrO2.Au/c1-2-7-4(6)3-5;/h3H,2H2,1H3;. The molecule has 0 aromatic carbocycles. The second-order valence-electron chi connectivity index (χ2n) is 1.01. The summed E-state index contributed by atoms with van der Waals surface area (Å²) in [6.07, 6.45) is 0. The Morgan fingerprint density at radius 1 is 2.00 bits per heavy atom. The van der Waals surface area contributed by atoms with Crippen molar-refractivity contribution < 1.29 is 30.6 Å². The second kappa shape index (κ2) is 4.56. The monoisotopic (exact) mass is 362 g/mol. The van der Waals surface area contributed by atoms with Crippen LogP contribution in [0.4, 0.5) is 0 Å². The van der Waals surface area contributed by atoms with Gasteiger partial charge in [-0.05, 0) is 0 Å². The average Bonchev–Trinajstić information content (AvgIpc) is 1.67. The van der Waals surface area contributed by atoms with Crippen molar-refractivity contribution >= 4 is 21.9 Å². The number of hydrogen-bond donors (Lipinski definition) is 0. The molecule has 0 aromatic heterocycles. The van der Waals surface area contributed by atoms with Gasteiger partial charge in [-0.3, -0.25) is 0 Å². The molecule has 0 heterocycles. The predicted octanol–water partition coefficient (Wildman–Crippen LogP) is 0.817. The first kappa shape index (κ1) is 8.69. The molecule has 1 unspecified atom stereocenters. The van der Waals surface area contributed by atoms with Gasteiger partial charge in [-0.1, -0.05) is 0 Å². The number of halogens is 1. The molecule has 0 aliphatic heterocycles. The fourth-order valence-corrected chi connectivity index (χ4v) is 0.512. The van der Waals surface area contributed by atoms with Crippen LogP contribution in [0, 0.1) is 0 Å². The van der Waals surface area contributed by atoms with E-state index in [1.807, 2.05) is 0 Å². The molecule has 0 rings (SSSR count). The summed E-state index contributed by atoms with van der Waals surface area (Å²) in [5.41, 5.74) is 0. The summed E-state index contributed by atoms with van der Waals surface area (Å²) in [5, 5.41) is 0. The van der Waals surface area contributed by atoms with Crippen molar-refractivity contribution in [2.24, 2.45) is 0 Å². The van der Waals surface area contributed by atoms with Gasteiger partial charge in [0.05, 0.1) is 0 Å². The van der Waals surface area contributed by atoms with E-state index in [0.717, 1.165) is 0 Å². The number of ether oxygens (including phenoxy) is 1. The molecule has 4 heteroatoms. The molecule has 0 saturated heterocycles. The van der Waals surface area contributed by atoms with Crippen LogP contribution in [0.25, 0.3) is 0 Å². The summed E-state index contributed by atoms with van der Waals surface area (Å²) >= 11 is 5.15. The maximum absolute atomic E-state index is 10.5. The Bertz CT molecular complexity index is 84.1. The zero-order valence-electron chi connectivity index (χ0n) is 4.28. The van der Waals surface area contributed by atoms with Crippen LogP contribution in [-0.4, -0.2) is 15.6 Å². The molecule has 0 saturated carbocycles. The number of esters is 1. The molecule has 8 heavy (non-hydrogen) atoms. The number of alkyl halides is 1. The van der Waals surface area contributed by atoms with Crippen molar-refractivity contribution in [2.75, 3.05) is 6.61 Å². The molecule has 0 amide bonds. The van der Waals surface area contributed by atoms with E-state index in [-0.39, 0.29) is 9.01 Å². The van der Waals surface area contributed by atoms with Crippen molar-refractivity contribution in [3.8, 4) is 0 Å². The number of carbonyl (C=O) groups is 1. The van der Waals surface area contributed by atoms with Crippen molar-refractivity contribution in [1.29, 1.82) is 0 Å². The Kier molecular flexibility index (Phi) is 4.95. The fourth-order valence-electron chi connectivity index (χ4n) is 0.199. The van der Waals surface area contributed by atoms with E-state index in [2.05, 4.69) is 41.7 Å². The predicted molar refractivity (Wildman–Crippen MR) is 29.3 cm³/mol. The van der Waals surface area contributed by atoms with Crippen LogP contribution in [0.15, 0.2) is 0 Å². The van der Waals surface area contributed by atoms with Gasteiger partial charge in [0.2, 0.25) is 0 Å². The normalized spacial score (nSPS) is 13.0. The Morgan fingerprint density at radius 3 is 2.62 bits per heavy atom. The third kappa shape index (κ3) is 3.66. The van der Waals surface area contributed by atoms with Crippen LogP contribution in [-0.2, 0) is 30.6 Å². The van der Waals surface area contributed by atoms with E-state index in [4.69, 9.17) is 0 Å². The summed E-state index contributed by atoms with van der Waals surface area (Å²) in [4.78, 5) is 10.5. The Morgan fingerprint density at radius 2 is 2.50 bits per heavy atom. The van der Waals surface area contributed by atoms with Gasteiger partial charge in [-0.2, -0.15) is 0 Å². The first-order chi connectivity index (χ1) is 3.68. The summed E-state index contributed by atoms with van der Waals surface area (Å²) in [6, 6.07) is 0. The summed E-state index contributed by atoms with van der Waals surface area (Å²) in [6.45, 7) is 2.22. The van der Waals surface area contributed by atoms with Crippen molar-refractivity contribution in [3.05, 3.63) is 0 Å². The average molecular weight is 363 g/mol. The van der Waals surface area contributed by atoms with Crippen LogP contribution in [0.5, 0.6) is 0 Å². The van der Waals surface area contributed by atoms with E-state index in [1.54, 1.807) is 6.92 Å². The van der Waals surface area contributed by atoms with Crippen LogP contribution in [0.1, 0.15) is 6.92 Å². The summed E-state index contributed by atoms with van der Waals surface area (Å²) in [5.74, 6) is -0.226. The minimum absolute atomic E-state index is 0.226. The molecule has 1 atom stereocenters. The van der Waals surface area contributed by atoms with Gasteiger partial charge < -0.3 is 0 Å². The minimum atomic E-state index is -0.234. The van der Waals surface area contributed by atoms with Gasteiger partial charge >= 0.3 is 69.1 Å². The van der Waals surface area contributed by atoms with Gasteiger partial charge in [-0.15, -0.1) is 0 Å². The Hall–Kier alpha value is 0.690. The molecule has 0 aliphatic carbocycles. The second-order valence-corrected chi connectivity index (χ2v) is 4.83. The van der Waals surface area contributed by atoms with E-state index in [1.165, 1.54) is 0 Å². The third-order valence-corrected chi connectivity index (χ3v) is 1.33. The van der Waals surface area contributed by atoms with E-state index < -0.39 is 0 Å². The SMILES string of the molecule is CCOC(=O)[CH](Br)[Au]. The molecule has 0 N–H and O–H groups in total. The first-order valence-corrected chi connectivity index (χ1v) is 4.25. The third-order valence-electron chi connectivity index (χ3n) is 0.447. The first-order valence-electron chi connectivity index (χ1n) is 2.09. The Balaban J connectivity index is 3.33. The molecule has 0 aromatic rings. The van der Waals surface area contributed by atoms with Gasteiger partial charge in [0, 0.05) is 0 Å². The molecule has 0 fully saturated rings. The number of hydrogen-bond acceptors (Lipinski definition) is 2. The van der Waals surface area contributed by atoms with Crippen LogP contribution in [0.3, 0.4) is 0 Å². The van der Waals surface area contributed by atoms with Gasteiger partial charge in [-0.25, -0.2) is 0 Å². The zero-order chi connectivity index (χ0) is 6.57. The van der Waals surface area contributed by atoms with E-state index in [9.17, 15) is 4.79 Å². The molecule has 2 nitrogen and oxygen atoms in total. The topological polar surface area (TPSA) is 26.3 Å². The van der Waals surface area contributed by atoms with Gasteiger partial charge in [0.25, 0.3) is 0 Å². The van der Waals surface area contributed by atoms with Crippen LogP contribution in [0.2, 0.25) is 0 Å². The van der Waals surface area contributed by atoms with E-state index >= 15 is 0 Å². The van der Waals surface area contributed by atoms with Crippen molar-refractivity contribution in [3.63, 3.8) is 0 Å². The van der Waals surface area contributed by atoms with Crippen molar-refractivity contribution in [1.82, 2.24) is 0 Å². The summed E-state index contributed by atoms with van der Waals surface area (Å²) in [7, 11) is 0. The molecular formula is C4H6AuBrO2. The van der Waals surface area contributed by atoms with Crippen LogP contribution >= 0.6 is 15.9 Å². The number of rotatable bonds is 2. The van der Waals surface area contributed by atoms with E-state index in [0.29, 0.717) is 6.61 Å². The molecule has 0 radical (unpaired) electrons. The Labute approximate surface area is 69.0 Å². The fraction of sp³-hybridized carbons (Fsp3) is 0.750. The summed E-state index contributed by atoms with van der Waals surface area (Å²) < 4.78 is 4.37. The van der Waals surface area contributed by atoms with Crippen molar-refractivity contribution in [2.45, 2.75) is 9.97 Å². The van der Waals surface area contributed by atoms with Gasteiger partial charge in [0.1, 0.15) is 0 Å². The zero-order valence-corrected chi connectivity index (χ0v) is 8.03.